The SMILES string of the molecule is C=C(BO)c1ccccn1. The van der Waals surface area contributed by atoms with Crippen molar-refractivity contribution < 1.29 is 5.02 Å². The monoisotopic (exact) mass is 133 g/mol. The Morgan fingerprint density at radius 2 is 2.40 bits per heavy atom. The predicted octanol–water partition coefficient (Wildman–Crippen LogP) is 0.396. The van der Waals surface area contributed by atoms with Crippen LogP contribution in [-0.2, 0) is 0 Å². The van der Waals surface area contributed by atoms with E-state index in [0.29, 0.717) is 5.47 Å². The lowest BCUT2D eigenvalue weighted by atomic mass is 9.87. The lowest BCUT2D eigenvalue weighted by molar-refractivity contribution is 0.616. The number of pyridine rings is 1. The third-order valence-electron chi connectivity index (χ3n) is 1.22. The van der Waals surface area contributed by atoms with Crippen molar-refractivity contribution in [2.75, 3.05) is 0 Å². The van der Waals surface area contributed by atoms with Crippen molar-refractivity contribution >= 4 is 13.0 Å². The first-order chi connectivity index (χ1) is 4.84. The highest BCUT2D eigenvalue weighted by Crippen LogP contribution is 2.03. The summed E-state index contributed by atoms with van der Waals surface area (Å²) in [4.78, 5) is 3.99. The molecule has 0 bridgehead atoms. The molecular weight excluding hydrogens is 125 g/mol. The topological polar surface area (TPSA) is 33.1 Å². The van der Waals surface area contributed by atoms with Gasteiger partial charge in [0.2, 0.25) is 0 Å². The summed E-state index contributed by atoms with van der Waals surface area (Å²) in [6, 6.07) is 5.51. The molecule has 0 aliphatic heterocycles. The van der Waals surface area contributed by atoms with Crippen LogP contribution in [0.3, 0.4) is 0 Å². The molecule has 0 saturated heterocycles. The molecule has 0 saturated carbocycles. The van der Waals surface area contributed by atoms with E-state index in [2.05, 4.69) is 11.6 Å². The number of rotatable bonds is 2. The Hall–Kier alpha value is -1.09. The standard InChI is InChI=1S/C7H8BNO/c1-6(8-10)7-4-2-3-5-9-7/h2-5,8,10H,1H2. The van der Waals surface area contributed by atoms with Crippen LogP contribution in [0.4, 0.5) is 0 Å². The highest BCUT2D eigenvalue weighted by Gasteiger charge is 1.96. The second kappa shape index (κ2) is 3.18. The van der Waals surface area contributed by atoms with Crippen LogP contribution < -0.4 is 0 Å². The van der Waals surface area contributed by atoms with Crippen LogP contribution in [0.15, 0.2) is 31.0 Å². The summed E-state index contributed by atoms with van der Waals surface area (Å²) in [7, 11) is -0.0307. The Morgan fingerprint density at radius 3 is 2.90 bits per heavy atom. The van der Waals surface area contributed by atoms with Gasteiger partial charge >= 0.3 is 7.48 Å². The quantitative estimate of drug-likeness (QED) is 0.592. The molecule has 2 nitrogen and oxygen atoms in total. The van der Waals surface area contributed by atoms with Gasteiger partial charge in [0.25, 0.3) is 0 Å². The molecule has 10 heavy (non-hydrogen) atoms. The van der Waals surface area contributed by atoms with Crippen LogP contribution in [0, 0.1) is 0 Å². The minimum atomic E-state index is -0.0307. The molecule has 0 amide bonds. The highest BCUT2D eigenvalue weighted by atomic mass is 16.2. The third-order valence-corrected chi connectivity index (χ3v) is 1.22. The van der Waals surface area contributed by atoms with Crippen LogP contribution in [0.5, 0.6) is 0 Å². The number of hydrogen-bond donors (Lipinski definition) is 1. The fourth-order valence-electron chi connectivity index (χ4n) is 0.653. The molecule has 0 radical (unpaired) electrons. The summed E-state index contributed by atoms with van der Waals surface area (Å²) in [5.41, 5.74) is 1.41. The Labute approximate surface area is 60.5 Å². The maximum absolute atomic E-state index is 8.65. The van der Waals surface area contributed by atoms with Gasteiger partial charge in [-0.15, -0.1) is 6.58 Å². The van der Waals surface area contributed by atoms with Crippen molar-refractivity contribution in [3.05, 3.63) is 36.7 Å². The van der Waals surface area contributed by atoms with E-state index in [4.69, 9.17) is 5.02 Å². The van der Waals surface area contributed by atoms with Crippen molar-refractivity contribution in [1.29, 1.82) is 0 Å². The summed E-state index contributed by atoms with van der Waals surface area (Å²) < 4.78 is 0. The fraction of sp³-hybridized carbons (Fsp3) is 0. The van der Waals surface area contributed by atoms with E-state index >= 15 is 0 Å². The summed E-state index contributed by atoms with van der Waals surface area (Å²) in [6.07, 6.45) is 1.68. The first-order valence-electron chi connectivity index (χ1n) is 3.04. The zero-order valence-electron chi connectivity index (χ0n) is 5.62. The maximum Gasteiger partial charge on any atom is 0.306 e. The molecule has 0 fully saturated rings. The molecule has 3 heteroatoms. The van der Waals surface area contributed by atoms with Crippen molar-refractivity contribution in [1.82, 2.24) is 4.98 Å². The zero-order valence-corrected chi connectivity index (χ0v) is 5.62. The van der Waals surface area contributed by atoms with Gasteiger partial charge in [0, 0.05) is 6.20 Å². The summed E-state index contributed by atoms with van der Waals surface area (Å²) in [5.74, 6) is 0. The Kier molecular flexibility index (Phi) is 2.23. The molecule has 1 aromatic heterocycles. The smallest absolute Gasteiger partial charge is 0.306 e. The van der Waals surface area contributed by atoms with Crippen molar-refractivity contribution in [3.8, 4) is 0 Å². The van der Waals surface area contributed by atoms with Gasteiger partial charge in [-0.1, -0.05) is 6.07 Å². The van der Waals surface area contributed by atoms with E-state index in [1.54, 1.807) is 6.20 Å². The maximum atomic E-state index is 8.65. The lowest BCUT2D eigenvalue weighted by Gasteiger charge is -1.96. The second-order valence-electron chi connectivity index (χ2n) is 1.98. The van der Waals surface area contributed by atoms with E-state index in [-0.39, 0.29) is 7.48 Å². The van der Waals surface area contributed by atoms with Crippen molar-refractivity contribution in [3.63, 3.8) is 0 Å². The largest absolute Gasteiger partial charge is 0.449 e. The molecule has 1 rings (SSSR count). The van der Waals surface area contributed by atoms with Gasteiger partial charge in [0.1, 0.15) is 0 Å². The minimum absolute atomic E-state index is 0.0307. The van der Waals surface area contributed by atoms with Crippen molar-refractivity contribution in [2.45, 2.75) is 0 Å². The number of aromatic nitrogens is 1. The van der Waals surface area contributed by atoms with Gasteiger partial charge in [-0.3, -0.25) is 4.98 Å². The second-order valence-corrected chi connectivity index (χ2v) is 1.98. The van der Waals surface area contributed by atoms with E-state index in [9.17, 15) is 0 Å². The van der Waals surface area contributed by atoms with Gasteiger partial charge in [-0.05, 0) is 17.6 Å². The molecule has 50 valence electrons. The van der Waals surface area contributed by atoms with Gasteiger partial charge < -0.3 is 5.02 Å². The summed E-state index contributed by atoms with van der Waals surface area (Å²) in [5, 5.41) is 8.65. The van der Waals surface area contributed by atoms with Gasteiger partial charge in [0.15, 0.2) is 0 Å². The van der Waals surface area contributed by atoms with Crippen LogP contribution >= 0.6 is 0 Å². The van der Waals surface area contributed by atoms with Gasteiger partial charge in [-0.2, -0.15) is 0 Å². The van der Waals surface area contributed by atoms with E-state index in [0.717, 1.165) is 5.69 Å². The Morgan fingerprint density at radius 1 is 1.60 bits per heavy atom. The molecular formula is C7H8BNO. The van der Waals surface area contributed by atoms with Crippen LogP contribution in [0.1, 0.15) is 5.69 Å². The summed E-state index contributed by atoms with van der Waals surface area (Å²) in [6.45, 7) is 3.63. The summed E-state index contributed by atoms with van der Waals surface area (Å²) >= 11 is 0. The minimum Gasteiger partial charge on any atom is -0.449 e. The van der Waals surface area contributed by atoms with Gasteiger partial charge in [-0.25, -0.2) is 0 Å². The zero-order chi connectivity index (χ0) is 7.40. The van der Waals surface area contributed by atoms with Crippen LogP contribution in [-0.4, -0.2) is 17.5 Å². The predicted molar refractivity (Wildman–Crippen MR) is 42.6 cm³/mol. The molecule has 1 N–H and O–H groups in total. The first-order valence-corrected chi connectivity index (χ1v) is 3.04. The lowest BCUT2D eigenvalue weighted by Crippen LogP contribution is -1.94. The first kappa shape index (κ1) is 7.03. The highest BCUT2D eigenvalue weighted by molar-refractivity contribution is 6.53. The van der Waals surface area contributed by atoms with Crippen LogP contribution in [0.2, 0.25) is 0 Å². The Balaban J connectivity index is 2.85. The molecule has 0 aliphatic carbocycles. The molecule has 0 aliphatic rings. The fourth-order valence-corrected chi connectivity index (χ4v) is 0.653. The molecule has 0 atom stereocenters. The average Bonchev–Trinajstić information content (AvgIpc) is 2.05. The average molecular weight is 133 g/mol. The Bertz CT molecular complexity index is 222. The normalized spacial score (nSPS) is 8.90. The molecule has 1 aromatic rings. The number of hydrogen-bond acceptors (Lipinski definition) is 2. The molecule has 0 spiro atoms. The molecule has 0 unspecified atom stereocenters. The van der Waals surface area contributed by atoms with Crippen molar-refractivity contribution in [2.24, 2.45) is 0 Å². The van der Waals surface area contributed by atoms with E-state index < -0.39 is 0 Å². The van der Waals surface area contributed by atoms with E-state index in [1.165, 1.54) is 0 Å². The van der Waals surface area contributed by atoms with Crippen LogP contribution in [0.25, 0.3) is 5.47 Å². The third kappa shape index (κ3) is 1.45. The van der Waals surface area contributed by atoms with Gasteiger partial charge in [0.05, 0.1) is 5.69 Å². The van der Waals surface area contributed by atoms with E-state index in [1.807, 2.05) is 18.2 Å². The molecule has 1 heterocycles. The molecule has 0 aromatic carbocycles. The number of nitrogens with zero attached hydrogens (tertiary/aromatic N) is 1.